The Morgan fingerprint density at radius 2 is 1.79 bits per heavy atom. The normalized spacial score (nSPS) is 19.5. The molecule has 4 rings (SSSR count). The summed E-state index contributed by atoms with van der Waals surface area (Å²) in [7, 11) is 0. The third-order valence-corrected chi connectivity index (χ3v) is 5.13. The number of halogens is 2. The van der Waals surface area contributed by atoms with Crippen LogP contribution < -0.4 is 9.80 Å². The summed E-state index contributed by atoms with van der Waals surface area (Å²) in [6.07, 6.45) is 0.955. The summed E-state index contributed by atoms with van der Waals surface area (Å²) in [5, 5.41) is 1.08. The topological polar surface area (TPSA) is 40.6 Å². The van der Waals surface area contributed by atoms with E-state index in [1.807, 2.05) is 30.3 Å². The number of nitrogens with zero attached hydrogens (tertiary/aromatic N) is 2. The highest BCUT2D eigenvalue weighted by Gasteiger charge is 2.44. The molecule has 2 amide bonds. The van der Waals surface area contributed by atoms with Crippen molar-refractivity contribution >= 4 is 46.4 Å². The average Bonchev–Trinajstić information content (AvgIpc) is 2.95. The van der Waals surface area contributed by atoms with Gasteiger partial charge in [-0.15, -0.1) is 0 Å². The maximum absolute atomic E-state index is 13.0. The smallest absolute Gasteiger partial charge is 0.250 e. The summed E-state index contributed by atoms with van der Waals surface area (Å²) >= 11 is 12.2. The molecular formula is C18H14Cl2N2O2. The van der Waals surface area contributed by atoms with E-state index in [0.717, 1.165) is 16.9 Å². The van der Waals surface area contributed by atoms with E-state index in [0.29, 0.717) is 29.4 Å². The Kier molecular flexibility index (Phi) is 3.74. The fourth-order valence-electron chi connectivity index (χ4n) is 3.40. The third-order valence-electron chi connectivity index (χ3n) is 4.54. The molecule has 2 aromatic carbocycles. The largest absolute Gasteiger partial charge is 0.304 e. The lowest BCUT2D eigenvalue weighted by Gasteiger charge is -2.38. The number of anilines is 2. The predicted molar refractivity (Wildman–Crippen MR) is 94.6 cm³/mol. The summed E-state index contributed by atoms with van der Waals surface area (Å²) in [5.74, 6) is -0.0597. The van der Waals surface area contributed by atoms with Crippen LogP contribution in [0, 0.1) is 0 Å². The van der Waals surface area contributed by atoms with Crippen molar-refractivity contribution in [2.75, 3.05) is 9.80 Å². The van der Waals surface area contributed by atoms with E-state index in [9.17, 15) is 9.59 Å². The molecule has 0 unspecified atom stereocenters. The monoisotopic (exact) mass is 360 g/mol. The van der Waals surface area contributed by atoms with Gasteiger partial charge in [-0.25, -0.2) is 0 Å². The fourth-order valence-corrected chi connectivity index (χ4v) is 3.87. The molecule has 2 heterocycles. The van der Waals surface area contributed by atoms with Crippen molar-refractivity contribution in [3.05, 3.63) is 58.1 Å². The molecule has 1 atom stereocenters. The van der Waals surface area contributed by atoms with Gasteiger partial charge in [0.25, 0.3) is 5.91 Å². The number of amides is 2. The zero-order valence-corrected chi connectivity index (χ0v) is 14.2. The van der Waals surface area contributed by atoms with Crippen LogP contribution in [0.25, 0.3) is 0 Å². The molecule has 0 aliphatic carbocycles. The quantitative estimate of drug-likeness (QED) is 0.810. The summed E-state index contributed by atoms with van der Waals surface area (Å²) < 4.78 is 0. The third kappa shape index (κ3) is 2.38. The second kappa shape index (κ2) is 5.80. The van der Waals surface area contributed by atoms with Gasteiger partial charge in [0.15, 0.2) is 0 Å². The van der Waals surface area contributed by atoms with Gasteiger partial charge in [0.05, 0.1) is 17.9 Å². The van der Waals surface area contributed by atoms with E-state index in [1.165, 1.54) is 0 Å². The number of fused-ring (bicyclic) bond motifs is 3. The highest BCUT2D eigenvalue weighted by Crippen LogP contribution is 2.41. The second-order valence-electron chi connectivity index (χ2n) is 5.97. The molecule has 0 saturated carbocycles. The molecule has 4 nitrogen and oxygen atoms in total. The van der Waals surface area contributed by atoms with Crippen LogP contribution >= 0.6 is 23.2 Å². The van der Waals surface area contributed by atoms with Crippen molar-refractivity contribution in [1.29, 1.82) is 0 Å². The molecule has 0 bridgehead atoms. The van der Waals surface area contributed by atoms with Gasteiger partial charge >= 0.3 is 0 Å². The van der Waals surface area contributed by atoms with Crippen LogP contribution in [-0.4, -0.2) is 17.9 Å². The standard InChI is InChI=1S/C18H14Cl2N2O2/c19-12-6-5-11(13(20)9-12)10-21-14-3-1-2-4-15(14)22-16(18(21)24)7-8-17(22)23/h1-6,9,16H,7-8,10H2/t16-/m0/s1. The van der Waals surface area contributed by atoms with Gasteiger partial charge in [-0.1, -0.05) is 41.4 Å². The maximum atomic E-state index is 13.0. The number of carbonyl (C=O) groups is 2. The first-order valence-electron chi connectivity index (χ1n) is 7.72. The minimum absolute atomic E-state index is 0.00461. The van der Waals surface area contributed by atoms with E-state index in [2.05, 4.69) is 0 Å². The lowest BCUT2D eigenvalue weighted by molar-refractivity contribution is -0.122. The Labute approximate surface area is 149 Å². The highest BCUT2D eigenvalue weighted by molar-refractivity contribution is 6.35. The zero-order valence-electron chi connectivity index (χ0n) is 12.7. The SMILES string of the molecule is O=C1[C@@H]2CCC(=O)N2c2ccccc2N1Cc1ccc(Cl)cc1Cl. The van der Waals surface area contributed by atoms with Crippen molar-refractivity contribution in [2.45, 2.75) is 25.4 Å². The molecule has 24 heavy (non-hydrogen) atoms. The summed E-state index contributed by atoms with van der Waals surface area (Å²) in [5.41, 5.74) is 2.34. The zero-order chi connectivity index (χ0) is 16.8. The molecule has 0 radical (unpaired) electrons. The van der Waals surface area contributed by atoms with E-state index in [4.69, 9.17) is 23.2 Å². The lowest BCUT2D eigenvalue weighted by Crippen LogP contribution is -2.51. The summed E-state index contributed by atoms with van der Waals surface area (Å²) in [6.45, 7) is 0.352. The molecule has 0 N–H and O–H groups in total. The lowest BCUT2D eigenvalue weighted by atomic mass is 10.1. The fraction of sp³-hybridized carbons (Fsp3) is 0.222. The van der Waals surface area contributed by atoms with Gasteiger partial charge in [-0.05, 0) is 36.2 Å². The Bertz CT molecular complexity index is 853. The number of hydrogen-bond donors (Lipinski definition) is 0. The molecule has 0 spiro atoms. The van der Waals surface area contributed by atoms with Gasteiger partial charge < -0.3 is 4.90 Å². The van der Waals surface area contributed by atoms with Crippen molar-refractivity contribution in [3.8, 4) is 0 Å². The number of carbonyl (C=O) groups excluding carboxylic acids is 2. The minimum atomic E-state index is -0.418. The minimum Gasteiger partial charge on any atom is -0.304 e. The summed E-state index contributed by atoms with van der Waals surface area (Å²) in [4.78, 5) is 28.5. The van der Waals surface area contributed by atoms with E-state index in [-0.39, 0.29) is 11.8 Å². The number of para-hydroxylation sites is 2. The molecule has 0 aromatic heterocycles. The van der Waals surface area contributed by atoms with Gasteiger partial charge in [0, 0.05) is 16.5 Å². The number of hydrogen-bond acceptors (Lipinski definition) is 2. The number of rotatable bonds is 2. The predicted octanol–water partition coefficient (Wildman–Crippen LogP) is 4.04. The molecule has 2 aliphatic rings. The first-order chi connectivity index (χ1) is 11.6. The van der Waals surface area contributed by atoms with Crippen LogP contribution in [0.3, 0.4) is 0 Å². The number of benzene rings is 2. The molecule has 122 valence electrons. The molecular weight excluding hydrogens is 347 g/mol. The Hall–Kier alpha value is -2.04. The van der Waals surface area contributed by atoms with Crippen LogP contribution in [0.15, 0.2) is 42.5 Å². The van der Waals surface area contributed by atoms with Gasteiger partial charge in [-0.2, -0.15) is 0 Å². The van der Waals surface area contributed by atoms with Crippen molar-refractivity contribution in [3.63, 3.8) is 0 Å². The molecule has 6 heteroatoms. The second-order valence-corrected chi connectivity index (χ2v) is 6.81. The van der Waals surface area contributed by atoms with Crippen LogP contribution in [0.5, 0.6) is 0 Å². The highest BCUT2D eigenvalue weighted by atomic mass is 35.5. The molecule has 2 aromatic rings. The van der Waals surface area contributed by atoms with E-state index in [1.54, 1.807) is 21.9 Å². The average molecular weight is 361 g/mol. The maximum Gasteiger partial charge on any atom is 0.250 e. The van der Waals surface area contributed by atoms with Crippen LogP contribution in [0.2, 0.25) is 10.0 Å². The Morgan fingerprint density at radius 3 is 2.54 bits per heavy atom. The van der Waals surface area contributed by atoms with Crippen LogP contribution in [0.4, 0.5) is 11.4 Å². The van der Waals surface area contributed by atoms with Crippen LogP contribution in [0.1, 0.15) is 18.4 Å². The van der Waals surface area contributed by atoms with Gasteiger partial charge in [-0.3, -0.25) is 14.5 Å². The van der Waals surface area contributed by atoms with Crippen molar-refractivity contribution in [1.82, 2.24) is 0 Å². The van der Waals surface area contributed by atoms with Gasteiger partial charge in [0.2, 0.25) is 5.91 Å². The molecule has 1 saturated heterocycles. The van der Waals surface area contributed by atoms with Crippen molar-refractivity contribution in [2.24, 2.45) is 0 Å². The molecule has 1 fully saturated rings. The molecule has 2 aliphatic heterocycles. The van der Waals surface area contributed by atoms with E-state index >= 15 is 0 Å². The first-order valence-corrected chi connectivity index (χ1v) is 8.48. The first kappa shape index (κ1) is 15.5. The summed E-state index contributed by atoms with van der Waals surface area (Å²) in [6, 6.07) is 12.3. The van der Waals surface area contributed by atoms with Crippen LogP contribution in [-0.2, 0) is 16.1 Å². The Balaban J connectivity index is 1.78. The van der Waals surface area contributed by atoms with Crippen molar-refractivity contribution < 1.29 is 9.59 Å². The van der Waals surface area contributed by atoms with Gasteiger partial charge in [0.1, 0.15) is 6.04 Å². The van der Waals surface area contributed by atoms with E-state index < -0.39 is 6.04 Å². The Morgan fingerprint density at radius 1 is 1.04 bits per heavy atom.